The van der Waals surface area contributed by atoms with E-state index in [-0.39, 0.29) is 11.7 Å². The van der Waals surface area contributed by atoms with Crippen LogP contribution in [-0.2, 0) is 11.3 Å². The Bertz CT molecular complexity index is 1180. The number of anilines is 1. The van der Waals surface area contributed by atoms with Crippen molar-refractivity contribution in [3.05, 3.63) is 50.4 Å². The number of amides is 1. The Balaban J connectivity index is 1.40. The monoisotopic (exact) mass is 533 g/mol. The molecule has 0 bridgehead atoms. The van der Waals surface area contributed by atoms with Crippen molar-refractivity contribution in [2.24, 2.45) is 0 Å². The molecule has 1 N–H and O–H groups in total. The number of nitrogens with zero attached hydrogens (tertiary/aromatic N) is 4. The molecule has 1 amide bonds. The number of thioether (sulfide) groups is 1. The Labute approximate surface area is 201 Å². The van der Waals surface area contributed by atoms with E-state index in [9.17, 15) is 4.79 Å². The van der Waals surface area contributed by atoms with E-state index in [4.69, 9.17) is 0 Å². The first kappa shape index (κ1) is 22.2. The first-order chi connectivity index (χ1) is 15.0. The summed E-state index contributed by atoms with van der Waals surface area (Å²) in [5, 5.41) is 17.0. The minimum Gasteiger partial charge on any atom is -0.302 e. The van der Waals surface area contributed by atoms with Gasteiger partial charge in [0.15, 0.2) is 16.1 Å². The molecular formula is C21H20BrN5OS3. The van der Waals surface area contributed by atoms with Gasteiger partial charge in [0.1, 0.15) is 0 Å². The number of carbonyl (C=O) groups excluding carboxylic acids is 1. The standard InChI is InChI=1S/C21H20BrN5OS3/c1-3-8-27-19(15-9-13(2)29-10-15)25-26-21(27)31-12-18(28)24-20-23-17(11-30-20)14-4-6-16(22)7-5-14/h4-7,9-11H,3,8,12H2,1-2H3,(H,23,24,28). The third kappa shape index (κ3) is 5.43. The van der Waals surface area contributed by atoms with Gasteiger partial charge >= 0.3 is 0 Å². The van der Waals surface area contributed by atoms with Gasteiger partial charge in [-0.1, -0.05) is 46.7 Å². The number of hydrogen-bond acceptors (Lipinski definition) is 7. The van der Waals surface area contributed by atoms with Crippen LogP contribution in [0.4, 0.5) is 5.13 Å². The van der Waals surface area contributed by atoms with Crippen LogP contribution in [0, 0.1) is 6.92 Å². The predicted molar refractivity (Wildman–Crippen MR) is 133 cm³/mol. The first-order valence-corrected chi connectivity index (χ1v) is 13.2. The lowest BCUT2D eigenvalue weighted by molar-refractivity contribution is -0.113. The van der Waals surface area contributed by atoms with Crippen molar-refractivity contribution in [3.8, 4) is 22.6 Å². The number of nitrogens with one attached hydrogen (secondary N) is 1. The Morgan fingerprint density at radius 3 is 2.68 bits per heavy atom. The molecular weight excluding hydrogens is 514 g/mol. The molecule has 0 aliphatic carbocycles. The van der Waals surface area contributed by atoms with Gasteiger partial charge in [0, 0.05) is 37.8 Å². The van der Waals surface area contributed by atoms with Crippen molar-refractivity contribution in [1.82, 2.24) is 19.7 Å². The second-order valence-electron chi connectivity index (χ2n) is 6.79. The minimum absolute atomic E-state index is 0.110. The van der Waals surface area contributed by atoms with Crippen LogP contribution in [0.2, 0.25) is 0 Å². The number of rotatable bonds is 8. The average molecular weight is 535 g/mol. The summed E-state index contributed by atoms with van der Waals surface area (Å²) in [5.74, 6) is 0.992. The maximum Gasteiger partial charge on any atom is 0.236 e. The van der Waals surface area contributed by atoms with Gasteiger partial charge in [0.05, 0.1) is 11.4 Å². The van der Waals surface area contributed by atoms with E-state index in [1.807, 2.05) is 29.6 Å². The Kier molecular flexibility index (Phi) is 7.21. The molecule has 0 saturated carbocycles. The van der Waals surface area contributed by atoms with Crippen LogP contribution in [0.1, 0.15) is 18.2 Å². The SMILES string of the molecule is CCCn1c(SCC(=O)Nc2nc(-c3ccc(Br)cc3)cs2)nnc1-c1csc(C)c1. The minimum atomic E-state index is -0.110. The first-order valence-electron chi connectivity index (χ1n) is 9.66. The maximum atomic E-state index is 12.5. The molecule has 160 valence electrons. The summed E-state index contributed by atoms with van der Waals surface area (Å²) in [7, 11) is 0. The van der Waals surface area contributed by atoms with Gasteiger partial charge in [0.25, 0.3) is 0 Å². The van der Waals surface area contributed by atoms with Crippen LogP contribution in [0.25, 0.3) is 22.6 Å². The molecule has 3 aromatic heterocycles. The third-order valence-corrected chi connectivity index (χ3v) is 7.49. The quantitative estimate of drug-likeness (QED) is 0.267. The molecule has 0 atom stereocenters. The zero-order chi connectivity index (χ0) is 21.8. The Morgan fingerprint density at radius 2 is 1.97 bits per heavy atom. The molecule has 1 aromatic carbocycles. The summed E-state index contributed by atoms with van der Waals surface area (Å²) in [6.07, 6.45) is 0.964. The lowest BCUT2D eigenvalue weighted by atomic mass is 10.2. The van der Waals surface area contributed by atoms with Gasteiger partial charge in [-0.05, 0) is 31.5 Å². The Morgan fingerprint density at radius 1 is 1.16 bits per heavy atom. The van der Waals surface area contributed by atoms with E-state index in [2.05, 4.69) is 66.3 Å². The number of benzene rings is 1. The molecule has 0 spiro atoms. The molecule has 0 unspecified atom stereocenters. The molecule has 0 fully saturated rings. The highest BCUT2D eigenvalue weighted by Crippen LogP contribution is 2.29. The molecule has 31 heavy (non-hydrogen) atoms. The van der Waals surface area contributed by atoms with Gasteiger partial charge in [-0.25, -0.2) is 4.98 Å². The molecule has 10 heteroatoms. The van der Waals surface area contributed by atoms with E-state index in [0.717, 1.165) is 45.2 Å². The van der Waals surface area contributed by atoms with E-state index in [1.165, 1.54) is 28.0 Å². The molecule has 3 heterocycles. The van der Waals surface area contributed by atoms with Gasteiger partial charge in [-0.15, -0.1) is 32.9 Å². The largest absolute Gasteiger partial charge is 0.302 e. The van der Waals surface area contributed by atoms with Crippen molar-refractivity contribution < 1.29 is 4.79 Å². The second-order valence-corrected chi connectivity index (χ2v) is 10.6. The highest BCUT2D eigenvalue weighted by atomic mass is 79.9. The van der Waals surface area contributed by atoms with Gasteiger partial charge in [-0.3, -0.25) is 4.79 Å². The summed E-state index contributed by atoms with van der Waals surface area (Å²) in [6, 6.07) is 10.1. The van der Waals surface area contributed by atoms with Crippen LogP contribution < -0.4 is 5.32 Å². The fourth-order valence-corrected chi connectivity index (χ4v) is 5.41. The lowest BCUT2D eigenvalue weighted by Gasteiger charge is -2.07. The number of thiazole rings is 1. The van der Waals surface area contributed by atoms with Gasteiger partial charge in [-0.2, -0.15) is 0 Å². The summed E-state index contributed by atoms with van der Waals surface area (Å²) in [5.41, 5.74) is 2.93. The average Bonchev–Trinajstić information content (AvgIpc) is 3.48. The lowest BCUT2D eigenvalue weighted by Crippen LogP contribution is -2.14. The highest BCUT2D eigenvalue weighted by molar-refractivity contribution is 9.10. The fourth-order valence-electron chi connectivity index (χ4n) is 2.96. The van der Waals surface area contributed by atoms with Crippen molar-refractivity contribution >= 4 is 61.4 Å². The number of carbonyl (C=O) groups is 1. The molecule has 0 radical (unpaired) electrons. The van der Waals surface area contributed by atoms with Crippen LogP contribution in [-0.4, -0.2) is 31.4 Å². The Hall–Kier alpha value is -2.01. The summed E-state index contributed by atoms with van der Waals surface area (Å²) in [4.78, 5) is 18.3. The number of halogens is 1. The summed E-state index contributed by atoms with van der Waals surface area (Å²) < 4.78 is 3.11. The normalized spacial score (nSPS) is 11.1. The number of hydrogen-bond donors (Lipinski definition) is 1. The van der Waals surface area contributed by atoms with E-state index in [1.54, 1.807) is 11.3 Å². The third-order valence-electron chi connectivity index (χ3n) is 4.38. The van der Waals surface area contributed by atoms with E-state index < -0.39 is 0 Å². The zero-order valence-electron chi connectivity index (χ0n) is 17.0. The molecule has 4 rings (SSSR count). The molecule has 0 aliphatic rings. The summed E-state index contributed by atoms with van der Waals surface area (Å²) in [6.45, 7) is 5.01. The van der Waals surface area contributed by atoms with Crippen LogP contribution in [0.5, 0.6) is 0 Å². The van der Waals surface area contributed by atoms with Crippen molar-refractivity contribution in [2.75, 3.05) is 11.1 Å². The van der Waals surface area contributed by atoms with E-state index in [0.29, 0.717) is 5.13 Å². The molecule has 6 nitrogen and oxygen atoms in total. The van der Waals surface area contributed by atoms with Crippen LogP contribution in [0.3, 0.4) is 0 Å². The van der Waals surface area contributed by atoms with Crippen molar-refractivity contribution in [1.29, 1.82) is 0 Å². The summed E-state index contributed by atoms with van der Waals surface area (Å²) >= 11 is 7.94. The molecule has 0 aliphatic heterocycles. The van der Waals surface area contributed by atoms with E-state index >= 15 is 0 Å². The van der Waals surface area contributed by atoms with Crippen molar-refractivity contribution in [2.45, 2.75) is 32.0 Å². The van der Waals surface area contributed by atoms with Crippen LogP contribution in [0.15, 0.2) is 50.7 Å². The number of aromatic nitrogens is 4. The van der Waals surface area contributed by atoms with Gasteiger partial charge < -0.3 is 9.88 Å². The maximum absolute atomic E-state index is 12.5. The molecule has 4 aromatic rings. The topological polar surface area (TPSA) is 72.7 Å². The number of thiophene rings is 1. The number of aryl methyl sites for hydroxylation is 1. The molecule has 0 saturated heterocycles. The predicted octanol–water partition coefficient (Wildman–Crippen LogP) is 6.34. The highest BCUT2D eigenvalue weighted by Gasteiger charge is 2.16. The van der Waals surface area contributed by atoms with Crippen molar-refractivity contribution in [3.63, 3.8) is 0 Å². The fraction of sp³-hybridized carbons (Fsp3) is 0.238. The second kappa shape index (κ2) is 10.1. The zero-order valence-corrected chi connectivity index (χ0v) is 21.0. The van der Waals surface area contributed by atoms with Gasteiger partial charge in [0.2, 0.25) is 5.91 Å². The van der Waals surface area contributed by atoms with Crippen LogP contribution >= 0.6 is 50.4 Å². The smallest absolute Gasteiger partial charge is 0.236 e.